The maximum absolute atomic E-state index is 11.8. The van der Waals surface area contributed by atoms with E-state index in [0.717, 1.165) is 15.2 Å². The molecule has 1 aromatic heterocycles. The SMILES string of the molecule is C[C@@H](Cc1nc2ccccc2s1)NS(=O)(=O)CCCC#N. The van der Waals surface area contributed by atoms with Gasteiger partial charge >= 0.3 is 0 Å². The molecule has 2 aromatic rings. The summed E-state index contributed by atoms with van der Waals surface area (Å²) in [6.07, 6.45) is 1.18. The summed E-state index contributed by atoms with van der Waals surface area (Å²) < 4.78 is 27.4. The number of para-hydroxylation sites is 1. The zero-order valence-corrected chi connectivity index (χ0v) is 13.4. The van der Waals surface area contributed by atoms with Gasteiger partial charge in [-0.15, -0.1) is 11.3 Å². The molecule has 1 N–H and O–H groups in total. The van der Waals surface area contributed by atoms with Crippen LogP contribution in [-0.2, 0) is 16.4 Å². The summed E-state index contributed by atoms with van der Waals surface area (Å²) in [6.45, 7) is 1.83. The van der Waals surface area contributed by atoms with Gasteiger partial charge in [-0.3, -0.25) is 0 Å². The van der Waals surface area contributed by atoms with Crippen LogP contribution in [0.5, 0.6) is 0 Å². The zero-order valence-electron chi connectivity index (χ0n) is 11.7. The van der Waals surface area contributed by atoms with E-state index < -0.39 is 10.0 Å². The molecule has 0 saturated heterocycles. The van der Waals surface area contributed by atoms with Crippen molar-refractivity contribution in [3.05, 3.63) is 29.3 Å². The number of rotatable bonds is 7. The summed E-state index contributed by atoms with van der Waals surface area (Å²) in [6, 6.07) is 9.60. The average Bonchev–Trinajstić information content (AvgIpc) is 2.79. The minimum atomic E-state index is -3.33. The summed E-state index contributed by atoms with van der Waals surface area (Å²) in [7, 11) is -3.33. The zero-order chi connectivity index (χ0) is 15.3. The van der Waals surface area contributed by atoms with Crippen molar-refractivity contribution < 1.29 is 8.42 Å². The van der Waals surface area contributed by atoms with E-state index in [1.165, 1.54) is 0 Å². The van der Waals surface area contributed by atoms with Crippen LogP contribution < -0.4 is 4.72 Å². The Bertz CT molecular complexity index is 714. The van der Waals surface area contributed by atoms with Gasteiger partial charge in [0.2, 0.25) is 10.0 Å². The van der Waals surface area contributed by atoms with E-state index in [2.05, 4.69) is 9.71 Å². The highest BCUT2D eigenvalue weighted by atomic mass is 32.2. The van der Waals surface area contributed by atoms with Crippen molar-refractivity contribution in [3.63, 3.8) is 0 Å². The lowest BCUT2D eigenvalue weighted by molar-refractivity contribution is 0.557. The highest BCUT2D eigenvalue weighted by molar-refractivity contribution is 7.89. The fourth-order valence-corrected chi connectivity index (χ4v) is 4.45. The maximum Gasteiger partial charge on any atom is 0.211 e. The van der Waals surface area contributed by atoms with Gasteiger partial charge in [0.25, 0.3) is 0 Å². The summed E-state index contributed by atoms with van der Waals surface area (Å²) in [4.78, 5) is 4.50. The van der Waals surface area contributed by atoms with E-state index in [1.807, 2.05) is 37.3 Å². The van der Waals surface area contributed by atoms with Crippen LogP contribution >= 0.6 is 11.3 Å². The second-order valence-electron chi connectivity index (χ2n) is 4.88. The lowest BCUT2D eigenvalue weighted by Crippen LogP contribution is -2.35. The number of aromatic nitrogens is 1. The molecular formula is C14H17N3O2S2. The lowest BCUT2D eigenvalue weighted by Gasteiger charge is -2.12. The molecule has 0 aliphatic heterocycles. The van der Waals surface area contributed by atoms with Gasteiger partial charge in [0.15, 0.2) is 0 Å². The molecule has 0 aliphatic rings. The van der Waals surface area contributed by atoms with Crippen LogP contribution in [0.1, 0.15) is 24.8 Å². The molecule has 0 radical (unpaired) electrons. The van der Waals surface area contributed by atoms with E-state index in [9.17, 15) is 8.42 Å². The molecule has 1 atom stereocenters. The van der Waals surface area contributed by atoms with Crippen molar-refractivity contribution in [1.82, 2.24) is 9.71 Å². The van der Waals surface area contributed by atoms with Gasteiger partial charge in [0, 0.05) is 18.9 Å². The van der Waals surface area contributed by atoms with Crippen molar-refractivity contribution in [1.29, 1.82) is 5.26 Å². The van der Waals surface area contributed by atoms with Crippen LogP contribution in [0.3, 0.4) is 0 Å². The summed E-state index contributed by atoms with van der Waals surface area (Å²) in [5.74, 6) is -0.00918. The summed E-state index contributed by atoms with van der Waals surface area (Å²) in [5, 5.41) is 9.36. The third-order valence-corrected chi connectivity index (χ3v) is 5.55. The normalized spacial score (nSPS) is 13.1. The molecule has 0 bridgehead atoms. The number of benzene rings is 1. The highest BCUT2D eigenvalue weighted by Crippen LogP contribution is 2.22. The number of nitriles is 1. The summed E-state index contributed by atoms with van der Waals surface area (Å²) >= 11 is 1.58. The Morgan fingerprint density at radius 1 is 1.43 bits per heavy atom. The second kappa shape index (κ2) is 6.98. The van der Waals surface area contributed by atoms with Crippen molar-refractivity contribution >= 4 is 31.6 Å². The van der Waals surface area contributed by atoms with Crippen molar-refractivity contribution in [3.8, 4) is 6.07 Å². The Labute approximate surface area is 128 Å². The van der Waals surface area contributed by atoms with E-state index in [-0.39, 0.29) is 18.2 Å². The summed E-state index contributed by atoms with van der Waals surface area (Å²) in [5.41, 5.74) is 0.946. The topological polar surface area (TPSA) is 82.8 Å². The standard InChI is InChI=1S/C14H17N3O2S2/c1-11(17-21(18,19)9-5-4-8-15)10-14-16-12-6-2-3-7-13(12)20-14/h2-3,6-7,11,17H,4-5,9-10H2,1H3/t11-/m0/s1. The van der Waals surface area contributed by atoms with Crippen molar-refractivity contribution in [2.75, 3.05) is 5.75 Å². The Morgan fingerprint density at radius 2 is 2.19 bits per heavy atom. The van der Waals surface area contributed by atoms with Crippen molar-refractivity contribution in [2.24, 2.45) is 0 Å². The molecule has 0 amide bonds. The van der Waals surface area contributed by atoms with E-state index >= 15 is 0 Å². The van der Waals surface area contributed by atoms with Gasteiger partial charge in [0.05, 0.1) is 27.0 Å². The number of unbranched alkanes of at least 4 members (excludes halogenated alkanes) is 1. The molecule has 0 spiro atoms. The number of nitrogens with zero attached hydrogens (tertiary/aromatic N) is 2. The monoisotopic (exact) mass is 323 g/mol. The molecule has 112 valence electrons. The third-order valence-electron chi connectivity index (χ3n) is 2.90. The smallest absolute Gasteiger partial charge is 0.211 e. The molecule has 1 heterocycles. The predicted molar refractivity (Wildman–Crippen MR) is 84.6 cm³/mol. The lowest BCUT2D eigenvalue weighted by atomic mass is 10.3. The molecule has 1 aromatic carbocycles. The molecule has 2 rings (SSSR count). The minimum Gasteiger partial charge on any atom is -0.241 e. The first-order chi connectivity index (χ1) is 10.00. The van der Waals surface area contributed by atoms with Crippen LogP contribution in [0.4, 0.5) is 0 Å². The van der Waals surface area contributed by atoms with Gasteiger partial charge in [-0.2, -0.15) is 5.26 Å². The van der Waals surface area contributed by atoms with Gasteiger partial charge < -0.3 is 0 Å². The number of nitrogens with one attached hydrogen (secondary N) is 1. The molecule has 0 aliphatic carbocycles. The van der Waals surface area contributed by atoms with Crippen LogP contribution in [0, 0.1) is 11.3 Å². The molecule has 7 heteroatoms. The predicted octanol–water partition coefficient (Wildman–Crippen LogP) is 2.45. The van der Waals surface area contributed by atoms with Gasteiger partial charge in [0.1, 0.15) is 0 Å². The van der Waals surface area contributed by atoms with Crippen LogP contribution in [0.2, 0.25) is 0 Å². The Kier molecular flexibility index (Phi) is 5.28. The Hall–Kier alpha value is -1.49. The second-order valence-corrected chi connectivity index (χ2v) is 7.87. The van der Waals surface area contributed by atoms with Crippen LogP contribution in [-0.4, -0.2) is 25.2 Å². The Balaban J connectivity index is 1.95. The molecule has 5 nitrogen and oxygen atoms in total. The molecule has 0 fully saturated rings. The molecule has 0 saturated carbocycles. The number of sulfonamides is 1. The van der Waals surface area contributed by atoms with Crippen LogP contribution in [0.15, 0.2) is 24.3 Å². The average molecular weight is 323 g/mol. The van der Waals surface area contributed by atoms with Gasteiger partial charge in [-0.05, 0) is 25.5 Å². The maximum atomic E-state index is 11.8. The number of fused-ring (bicyclic) bond motifs is 1. The van der Waals surface area contributed by atoms with Gasteiger partial charge in [-0.1, -0.05) is 12.1 Å². The first kappa shape index (κ1) is 15.9. The van der Waals surface area contributed by atoms with E-state index in [0.29, 0.717) is 12.8 Å². The third kappa shape index (κ3) is 4.77. The quantitative estimate of drug-likeness (QED) is 0.793. The van der Waals surface area contributed by atoms with Gasteiger partial charge in [-0.25, -0.2) is 18.1 Å². The fraction of sp³-hybridized carbons (Fsp3) is 0.429. The first-order valence-electron chi connectivity index (χ1n) is 6.71. The molecule has 0 unspecified atom stereocenters. The minimum absolute atomic E-state index is 0.00918. The van der Waals surface area contributed by atoms with Crippen LogP contribution in [0.25, 0.3) is 10.2 Å². The largest absolute Gasteiger partial charge is 0.241 e. The van der Waals surface area contributed by atoms with Crippen molar-refractivity contribution in [2.45, 2.75) is 32.2 Å². The molecular weight excluding hydrogens is 306 g/mol. The Morgan fingerprint density at radius 3 is 2.90 bits per heavy atom. The highest BCUT2D eigenvalue weighted by Gasteiger charge is 2.16. The number of hydrogen-bond donors (Lipinski definition) is 1. The fourth-order valence-electron chi connectivity index (χ4n) is 2.02. The number of hydrogen-bond acceptors (Lipinski definition) is 5. The van der Waals surface area contributed by atoms with E-state index in [1.54, 1.807) is 11.3 Å². The van der Waals surface area contributed by atoms with E-state index in [4.69, 9.17) is 5.26 Å². The molecule has 21 heavy (non-hydrogen) atoms. The number of thiazole rings is 1. The first-order valence-corrected chi connectivity index (χ1v) is 9.18.